The fourth-order valence-electron chi connectivity index (χ4n) is 3.12. The molecule has 0 aromatic heterocycles. The third-order valence-electron chi connectivity index (χ3n) is 4.23. The molecule has 21 heavy (non-hydrogen) atoms. The van der Waals surface area contributed by atoms with E-state index < -0.39 is 10.0 Å². The van der Waals surface area contributed by atoms with Crippen LogP contribution in [0.5, 0.6) is 5.75 Å². The Kier molecular flexibility index (Phi) is 4.14. The zero-order valence-corrected chi connectivity index (χ0v) is 13.5. The van der Waals surface area contributed by atoms with Crippen LogP contribution in [0.15, 0.2) is 23.1 Å². The van der Waals surface area contributed by atoms with Gasteiger partial charge in [0, 0.05) is 30.2 Å². The number of nitrogens with zero attached hydrogens (tertiary/aromatic N) is 1. The van der Waals surface area contributed by atoms with Gasteiger partial charge in [-0.15, -0.1) is 0 Å². The predicted octanol–water partition coefficient (Wildman–Crippen LogP) is 1.86. The van der Waals surface area contributed by atoms with Crippen LogP contribution in [-0.4, -0.2) is 45.0 Å². The lowest BCUT2D eigenvalue weighted by molar-refractivity contribution is 0.373. The van der Waals surface area contributed by atoms with Crippen LogP contribution in [0.25, 0.3) is 0 Å². The first-order chi connectivity index (χ1) is 10.0. The maximum absolute atomic E-state index is 12.9. The molecule has 5 nitrogen and oxygen atoms in total. The van der Waals surface area contributed by atoms with Gasteiger partial charge in [0.1, 0.15) is 10.6 Å². The van der Waals surface area contributed by atoms with Gasteiger partial charge in [-0.05, 0) is 37.5 Å². The number of hydrogen-bond donors (Lipinski definition) is 1. The van der Waals surface area contributed by atoms with Gasteiger partial charge in [0.25, 0.3) is 0 Å². The number of sulfonamides is 1. The van der Waals surface area contributed by atoms with Crippen molar-refractivity contribution in [2.75, 3.05) is 20.2 Å². The highest BCUT2D eigenvalue weighted by atomic mass is 35.5. The Labute approximate surface area is 130 Å². The number of hydrogen-bond acceptors (Lipinski definition) is 4. The first-order valence-electron chi connectivity index (χ1n) is 7.10. The summed E-state index contributed by atoms with van der Waals surface area (Å²) in [5.41, 5.74) is 0. The van der Waals surface area contributed by atoms with Gasteiger partial charge in [0.2, 0.25) is 10.0 Å². The van der Waals surface area contributed by atoms with Crippen LogP contribution in [0.2, 0.25) is 5.02 Å². The molecule has 0 spiro atoms. The van der Waals surface area contributed by atoms with E-state index in [-0.39, 0.29) is 10.9 Å². The molecule has 1 aromatic carbocycles. The molecule has 0 saturated carbocycles. The van der Waals surface area contributed by atoms with Crippen molar-refractivity contribution in [3.63, 3.8) is 0 Å². The van der Waals surface area contributed by atoms with Gasteiger partial charge in [-0.3, -0.25) is 0 Å². The molecular weight excluding hydrogens is 312 g/mol. The molecule has 2 saturated heterocycles. The van der Waals surface area contributed by atoms with Crippen molar-refractivity contribution in [3.8, 4) is 5.75 Å². The van der Waals surface area contributed by atoms with E-state index in [0.29, 0.717) is 29.9 Å². The van der Waals surface area contributed by atoms with E-state index >= 15 is 0 Å². The van der Waals surface area contributed by atoms with E-state index in [1.165, 1.54) is 13.2 Å². The van der Waals surface area contributed by atoms with E-state index in [9.17, 15) is 8.42 Å². The number of benzene rings is 1. The van der Waals surface area contributed by atoms with Crippen LogP contribution in [0.3, 0.4) is 0 Å². The second kappa shape index (κ2) is 5.76. The molecule has 116 valence electrons. The van der Waals surface area contributed by atoms with Gasteiger partial charge in [0.05, 0.1) is 7.11 Å². The van der Waals surface area contributed by atoms with Crippen molar-refractivity contribution in [1.82, 2.24) is 9.62 Å². The van der Waals surface area contributed by atoms with Gasteiger partial charge >= 0.3 is 0 Å². The van der Waals surface area contributed by atoms with Crippen molar-refractivity contribution in [2.45, 2.75) is 36.2 Å². The molecule has 2 fully saturated rings. The van der Waals surface area contributed by atoms with Gasteiger partial charge < -0.3 is 10.1 Å². The Bertz CT molecular complexity index is 635. The van der Waals surface area contributed by atoms with Crippen molar-refractivity contribution < 1.29 is 13.2 Å². The smallest absolute Gasteiger partial charge is 0.246 e. The molecule has 2 bridgehead atoms. The maximum Gasteiger partial charge on any atom is 0.246 e. The van der Waals surface area contributed by atoms with Crippen LogP contribution in [0.1, 0.15) is 19.3 Å². The second-order valence-electron chi connectivity index (χ2n) is 5.58. The van der Waals surface area contributed by atoms with Crippen molar-refractivity contribution in [2.24, 2.45) is 0 Å². The average Bonchev–Trinajstić information content (AvgIpc) is 2.77. The predicted molar refractivity (Wildman–Crippen MR) is 81.3 cm³/mol. The highest BCUT2D eigenvalue weighted by molar-refractivity contribution is 7.89. The molecule has 2 unspecified atom stereocenters. The Hall–Kier alpha value is -0.820. The largest absolute Gasteiger partial charge is 0.495 e. The monoisotopic (exact) mass is 330 g/mol. The zero-order chi connectivity index (χ0) is 15.0. The van der Waals surface area contributed by atoms with Crippen molar-refractivity contribution in [1.29, 1.82) is 0 Å². The van der Waals surface area contributed by atoms with Gasteiger partial charge in [-0.2, -0.15) is 4.31 Å². The summed E-state index contributed by atoms with van der Waals surface area (Å²) in [6, 6.07) is 5.38. The number of rotatable bonds is 3. The quantitative estimate of drug-likeness (QED) is 0.919. The van der Waals surface area contributed by atoms with E-state index in [0.717, 1.165) is 19.3 Å². The number of fused-ring (bicyclic) bond motifs is 2. The molecule has 1 N–H and O–H groups in total. The van der Waals surface area contributed by atoms with Crippen LogP contribution < -0.4 is 10.1 Å². The van der Waals surface area contributed by atoms with Crippen LogP contribution in [-0.2, 0) is 10.0 Å². The Morgan fingerprint density at radius 1 is 1.29 bits per heavy atom. The third-order valence-corrected chi connectivity index (χ3v) is 6.35. The molecule has 3 rings (SSSR count). The SMILES string of the molecule is COc1ccc(Cl)cc1S(=O)(=O)N1CCC2CCC(C1)N2. The summed E-state index contributed by atoms with van der Waals surface area (Å²) < 4.78 is 32.6. The van der Waals surface area contributed by atoms with Crippen molar-refractivity contribution >= 4 is 21.6 Å². The van der Waals surface area contributed by atoms with Gasteiger partial charge in [0.15, 0.2) is 0 Å². The number of ether oxygens (including phenoxy) is 1. The maximum atomic E-state index is 12.9. The lowest BCUT2D eigenvalue weighted by atomic mass is 10.1. The molecule has 0 amide bonds. The Morgan fingerprint density at radius 2 is 2.05 bits per heavy atom. The summed E-state index contributed by atoms with van der Waals surface area (Å²) in [6.07, 6.45) is 3.01. The van der Waals surface area contributed by atoms with Crippen LogP contribution in [0.4, 0.5) is 0 Å². The van der Waals surface area contributed by atoms with E-state index in [1.807, 2.05) is 0 Å². The highest BCUT2D eigenvalue weighted by Crippen LogP contribution is 2.31. The summed E-state index contributed by atoms with van der Waals surface area (Å²) in [6.45, 7) is 1.04. The van der Waals surface area contributed by atoms with Crippen LogP contribution >= 0.6 is 11.6 Å². The molecule has 0 aliphatic carbocycles. The minimum Gasteiger partial charge on any atom is -0.495 e. The summed E-state index contributed by atoms with van der Waals surface area (Å²) in [7, 11) is -2.12. The van der Waals surface area contributed by atoms with Gasteiger partial charge in [-0.25, -0.2) is 8.42 Å². The number of nitrogens with one attached hydrogen (secondary N) is 1. The molecule has 2 atom stereocenters. The molecule has 2 aliphatic rings. The highest BCUT2D eigenvalue weighted by Gasteiger charge is 2.36. The lowest BCUT2D eigenvalue weighted by Crippen LogP contribution is -2.39. The van der Waals surface area contributed by atoms with Crippen molar-refractivity contribution in [3.05, 3.63) is 23.2 Å². The summed E-state index contributed by atoms with van der Waals surface area (Å²) in [4.78, 5) is 0.148. The van der Waals surface area contributed by atoms with Crippen LogP contribution in [0, 0.1) is 0 Å². The topological polar surface area (TPSA) is 58.6 Å². The summed E-state index contributed by atoms with van der Waals surface area (Å²) >= 11 is 5.96. The zero-order valence-electron chi connectivity index (χ0n) is 11.9. The first-order valence-corrected chi connectivity index (χ1v) is 8.92. The van der Waals surface area contributed by atoms with Gasteiger partial charge in [-0.1, -0.05) is 11.6 Å². The molecule has 7 heteroatoms. The average molecular weight is 331 g/mol. The minimum absolute atomic E-state index is 0.148. The third kappa shape index (κ3) is 2.90. The fourth-order valence-corrected chi connectivity index (χ4v) is 5.04. The normalized spacial score (nSPS) is 26.6. The van der Waals surface area contributed by atoms with E-state index in [4.69, 9.17) is 16.3 Å². The molecule has 0 radical (unpaired) electrons. The fraction of sp³-hybridized carbons (Fsp3) is 0.571. The number of methoxy groups -OCH3 is 1. The molecular formula is C14H19ClN2O3S. The van der Waals surface area contributed by atoms with E-state index in [1.54, 1.807) is 16.4 Å². The molecule has 2 aliphatic heterocycles. The number of halogens is 1. The van der Waals surface area contributed by atoms with E-state index in [2.05, 4.69) is 5.32 Å². The summed E-state index contributed by atoms with van der Waals surface area (Å²) in [5.74, 6) is 0.335. The molecule has 1 aromatic rings. The summed E-state index contributed by atoms with van der Waals surface area (Å²) in [5, 5.41) is 3.88. The Balaban J connectivity index is 1.94. The molecule has 2 heterocycles. The minimum atomic E-state index is -3.59. The lowest BCUT2D eigenvalue weighted by Gasteiger charge is -2.24. The second-order valence-corrected chi connectivity index (χ2v) is 7.93. The Morgan fingerprint density at radius 3 is 2.81 bits per heavy atom. The standard InChI is InChI=1S/C14H19ClN2O3S/c1-20-13-5-2-10(15)8-14(13)21(18,19)17-7-6-11-3-4-12(9-17)16-11/h2,5,8,11-12,16H,3-4,6-7,9H2,1H3. The first kappa shape index (κ1) is 15.1.